The molecule has 0 aromatic carbocycles. The molecule has 0 spiro atoms. The van der Waals surface area contributed by atoms with Crippen LogP contribution in [0.25, 0.3) is 0 Å². The Bertz CT molecular complexity index is 1030. The van der Waals surface area contributed by atoms with Gasteiger partial charge in [-0.25, -0.2) is 4.98 Å². The molecule has 1 fully saturated rings. The minimum atomic E-state index is -0.626. The topological polar surface area (TPSA) is 104 Å². The fourth-order valence-electron chi connectivity index (χ4n) is 4.97. The van der Waals surface area contributed by atoms with Gasteiger partial charge in [-0.05, 0) is 49.8 Å². The largest absolute Gasteiger partial charge is 0.364 e. The first-order chi connectivity index (χ1) is 15.0. The van der Waals surface area contributed by atoms with Gasteiger partial charge in [0.15, 0.2) is 0 Å². The molecular weight excluding hydrogens is 397 g/mol. The van der Waals surface area contributed by atoms with Crippen molar-refractivity contribution in [3.63, 3.8) is 0 Å². The van der Waals surface area contributed by atoms with Crippen molar-refractivity contribution in [2.75, 3.05) is 13.1 Å². The molecule has 3 aliphatic rings. The molecular formula is C23H26FN5O2. The second-order valence-electron chi connectivity index (χ2n) is 8.70. The summed E-state index contributed by atoms with van der Waals surface area (Å²) >= 11 is 0. The van der Waals surface area contributed by atoms with Gasteiger partial charge in [0.2, 0.25) is 5.95 Å². The Kier molecular flexibility index (Phi) is 5.09. The quantitative estimate of drug-likeness (QED) is 0.508. The average molecular weight is 423 g/mol. The Morgan fingerprint density at radius 2 is 2.00 bits per heavy atom. The van der Waals surface area contributed by atoms with Gasteiger partial charge in [-0.15, -0.1) is 0 Å². The molecule has 162 valence electrons. The fourth-order valence-corrected chi connectivity index (χ4v) is 4.97. The van der Waals surface area contributed by atoms with Crippen molar-refractivity contribution in [2.24, 2.45) is 5.73 Å². The first-order valence-electron chi connectivity index (χ1n) is 10.9. The van der Waals surface area contributed by atoms with Crippen molar-refractivity contribution in [2.45, 2.75) is 50.1 Å². The number of hydrogen-bond donors (Lipinski definition) is 3. The standard InChI is InChI=1S/C23H26FN5O2/c24-19-11-14(5-8-26-19)23(31)29-9-6-16(7-10-29)27-15-3-1-13(2-4-15)20-17-12-18(22(25)30)28-21(17)20/h1,5,8,11-12,15-16,20,27-28H,2-4,6-7,9-10H2,(H2,25,30). The smallest absolute Gasteiger partial charge is 0.265 e. The lowest BCUT2D eigenvalue weighted by Crippen LogP contribution is -2.48. The number of nitrogens with zero attached hydrogens (tertiary/aromatic N) is 2. The molecule has 2 unspecified atom stereocenters. The Balaban J connectivity index is 1.09. The van der Waals surface area contributed by atoms with Crippen molar-refractivity contribution >= 4 is 11.8 Å². The number of likely N-dealkylation sites (tertiary alicyclic amines) is 1. The maximum Gasteiger partial charge on any atom is 0.265 e. The lowest BCUT2D eigenvalue weighted by molar-refractivity contribution is 0.0700. The van der Waals surface area contributed by atoms with Crippen molar-refractivity contribution in [3.05, 3.63) is 64.5 Å². The lowest BCUT2D eigenvalue weighted by Gasteiger charge is -2.35. The zero-order valence-corrected chi connectivity index (χ0v) is 17.2. The van der Waals surface area contributed by atoms with Crippen LogP contribution >= 0.6 is 0 Å². The third-order valence-corrected chi connectivity index (χ3v) is 6.71. The van der Waals surface area contributed by atoms with E-state index < -0.39 is 11.9 Å². The van der Waals surface area contributed by atoms with Crippen LogP contribution in [0.1, 0.15) is 70.1 Å². The number of piperidine rings is 1. The molecule has 2 aromatic heterocycles. The molecule has 31 heavy (non-hydrogen) atoms. The van der Waals surface area contributed by atoms with Gasteiger partial charge in [-0.1, -0.05) is 11.6 Å². The average Bonchev–Trinajstić information content (AvgIpc) is 3.26. The maximum atomic E-state index is 13.3. The zero-order chi connectivity index (χ0) is 21.5. The molecule has 0 saturated carbocycles. The third-order valence-electron chi connectivity index (χ3n) is 6.71. The van der Waals surface area contributed by atoms with Crippen LogP contribution in [0, 0.1) is 5.95 Å². The Morgan fingerprint density at radius 3 is 2.61 bits per heavy atom. The Hall–Kier alpha value is -3.00. The molecule has 2 atom stereocenters. The molecule has 2 amide bonds. The summed E-state index contributed by atoms with van der Waals surface area (Å²) in [5, 5.41) is 3.76. The van der Waals surface area contributed by atoms with E-state index >= 15 is 0 Å². The molecule has 1 aliphatic heterocycles. The highest BCUT2D eigenvalue weighted by Gasteiger charge is 2.40. The normalized spacial score (nSPS) is 23.3. The molecule has 2 aliphatic carbocycles. The number of fused-ring (bicyclic) bond motifs is 1. The maximum absolute atomic E-state index is 13.3. The van der Waals surface area contributed by atoms with E-state index in [0.29, 0.717) is 42.3 Å². The Labute approximate surface area is 179 Å². The number of primary amides is 1. The van der Waals surface area contributed by atoms with Crippen molar-refractivity contribution in [3.8, 4) is 0 Å². The highest BCUT2D eigenvalue weighted by atomic mass is 19.1. The first kappa shape index (κ1) is 19.9. The van der Waals surface area contributed by atoms with Crippen molar-refractivity contribution < 1.29 is 14.0 Å². The summed E-state index contributed by atoms with van der Waals surface area (Å²) in [5.41, 5.74) is 9.94. The number of allylic oxidation sites excluding steroid dienone is 1. The van der Waals surface area contributed by atoms with E-state index in [1.807, 2.05) is 6.07 Å². The van der Waals surface area contributed by atoms with E-state index in [0.717, 1.165) is 37.8 Å². The van der Waals surface area contributed by atoms with Crippen LogP contribution in [-0.2, 0) is 0 Å². The van der Waals surface area contributed by atoms with Crippen LogP contribution in [0.2, 0.25) is 0 Å². The van der Waals surface area contributed by atoms with E-state index in [-0.39, 0.29) is 5.91 Å². The number of halogens is 1. The van der Waals surface area contributed by atoms with Crippen molar-refractivity contribution in [1.29, 1.82) is 0 Å². The second-order valence-corrected chi connectivity index (χ2v) is 8.70. The molecule has 1 saturated heterocycles. The van der Waals surface area contributed by atoms with Crippen LogP contribution in [0.5, 0.6) is 0 Å². The number of nitrogens with one attached hydrogen (secondary N) is 2. The molecule has 0 bridgehead atoms. The van der Waals surface area contributed by atoms with Crippen LogP contribution < -0.4 is 11.1 Å². The fraction of sp³-hybridized carbons (Fsp3) is 0.435. The molecule has 7 nitrogen and oxygen atoms in total. The summed E-state index contributed by atoms with van der Waals surface area (Å²) in [6.07, 6.45) is 8.59. The van der Waals surface area contributed by atoms with E-state index in [1.54, 1.807) is 11.0 Å². The van der Waals surface area contributed by atoms with Gasteiger partial charge >= 0.3 is 0 Å². The van der Waals surface area contributed by atoms with E-state index in [9.17, 15) is 14.0 Å². The number of aromatic amines is 1. The molecule has 8 heteroatoms. The summed E-state index contributed by atoms with van der Waals surface area (Å²) in [6, 6.07) is 5.48. The molecule has 5 rings (SSSR count). The van der Waals surface area contributed by atoms with Gasteiger partial charge in [0, 0.05) is 54.6 Å². The van der Waals surface area contributed by atoms with Crippen LogP contribution in [-0.4, -0.2) is 51.9 Å². The predicted molar refractivity (Wildman–Crippen MR) is 113 cm³/mol. The molecule has 4 N–H and O–H groups in total. The summed E-state index contributed by atoms with van der Waals surface area (Å²) in [5.74, 6) is -0.805. The molecule has 3 heterocycles. The van der Waals surface area contributed by atoms with Gasteiger partial charge in [-0.2, -0.15) is 4.39 Å². The van der Waals surface area contributed by atoms with E-state index in [1.165, 1.54) is 23.4 Å². The SMILES string of the molecule is NC(=O)c1cc2c([nH]1)C2C1=CCC(NC2CCN(C(=O)c3ccnc(F)c3)CC2)CC1. The zero-order valence-electron chi connectivity index (χ0n) is 17.2. The number of hydrogen-bond acceptors (Lipinski definition) is 4. The highest BCUT2D eigenvalue weighted by molar-refractivity contribution is 5.94. The minimum absolute atomic E-state index is 0.128. The van der Waals surface area contributed by atoms with Gasteiger partial charge in [0.05, 0.1) is 0 Å². The van der Waals surface area contributed by atoms with Gasteiger partial charge in [0.1, 0.15) is 5.69 Å². The number of amides is 2. The monoisotopic (exact) mass is 423 g/mol. The van der Waals surface area contributed by atoms with Gasteiger partial charge < -0.3 is 20.9 Å². The predicted octanol–water partition coefficient (Wildman–Crippen LogP) is 2.47. The lowest BCUT2D eigenvalue weighted by atomic mass is 9.90. The summed E-state index contributed by atoms with van der Waals surface area (Å²) in [7, 11) is 0. The second kappa shape index (κ2) is 7.92. The number of H-pyrrole nitrogens is 1. The third kappa shape index (κ3) is 3.99. The van der Waals surface area contributed by atoms with E-state index in [4.69, 9.17) is 5.73 Å². The molecule has 0 radical (unpaired) electrons. The summed E-state index contributed by atoms with van der Waals surface area (Å²) in [4.78, 5) is 32.2. The van der Waals surface area contributed by atoms with Crippen LogP contribution in [0.3, 0.4) is 0 Å². The first-order valence-corrected chi connectivity index (χ1v) is 10.9. The number of nitrogens with two attached hydrogens (primary N) is 1. The van der Waals surface area contributed by atoms with Gasteiger partial charge in [0.25, 0.3) is 11.8 Å². The van der Waals surface area contributed by atoms with Crippen LogP contribution in [0.15, 0.2) is 36.0 Å². The number of pyridine rings is 1. The van der Waals surface area contributed by atoms with E-state index in [2.05, 4.69) is 21.4 Å². The number of rotatable bonds is 5. The number of carbonyl (C=O) groups excluding carboxylic acids is 2. The van der Waals surface area contributed by atoms with Crippen LogP contribution in [0.4, 0.5) is 4.39 Å². The van der Waals surface area contributed by atoms with Gasteiger partial charge in [-0.3, -0.25) is 9.59 Å². The summed E-state index contributed by atoms with van der Waals surface area (Å²) < 4.78 is 13.3. The summed E-state index contributed by atoms with van der Waals surface area (Å²) in [6.45, 7) is 1.35. The minimum Gasteiger partial charge on any atom is -0.364 e. The van der Waals surface area contributed by atoms with Crippen molar-refractivity contribution in [1.82, 2.24) is 20.2 Å². The Morgan fingerprint density at radius 1 is 1.19 bits per heavy atom. The number of carbonyl (C=O) groups is 2. The highest BCUT2D eigenvalue weighted by Crippen LogP contribution is 2.50. The number of aromatic nitrogens is 2. The molecule has 2 aromatic rings.